The average Bonchev–Trinajstić information content (AvgIpc) is 3.16. The molecule has 1 fully saturated rings. The smallest absolute Gasteiger partial charge is 0.123 e. The predicted molar refractivity (Wildman–Crippen MR) is 118 cm³/mol. The van der Waals surface area contributed by atoms with Gasteiger partial charge in [0, 0.05) is 61.1 Å². The van der Waals surface area contributed by atoms with Gasteiger partial charge in [-0.15, -0.1) is 0 Å². The Hall–Kier alpha value is -3.11. The molecule has 146 valence electrons. The lowest BCUT2D eigenvalue weighted by atomic mass is 10.0. The molecule has 5 rings (SSSR count). The van der Waals surface area contributed by atoms with Gasteiger partial charge in [-0.05, 0) is 41.5 Å². The summed E-state index contributed by atoms with van der Waals surface area (Å²) in [5.74, 6) is -0.192. The van der Waals surface area contributed by atoms with Crippen molar-refractivity contribution in [2.75, 3.05) is 31.1 Å². The Morgan fingerprint density at radius 2 is 1.66 bits per heavy atom. The molecule has 3 nitrogen and oxygen atoms in total. The molecule has 0 spiro atoms. The van der Waals surface area contributed by atoms with E-state index in [1.807, 2.05) is 18.3 Å². The number of hydrogen-bond acceptors (Lipinski definition) is 2. The second-order valence-corrected chi connectivity index (χ2v) is 7.60. The zero-order valence-electron chi connectivity index (χ0n) is 16.3. The largest absolute Gasteiger partial charge is 0.368 e. The van der Waals surface area contributed by atoms with Crippen molar-refractivity contribution in [2.24, 2.45) is 0 Å². The first kappa shape index (κ1) is 18.0. The summed E-state index contributed by atoms with van der Waals surface area (Å²) < 4.78 is 15.6. The van der Waals surface area contributed by atoms with Crippen LogP contribution in [0.25, 0.3) is 22.0 Å². The number of aromatic nitrogens is 1. The van der Waals surface area contributed by atoms with Gasteiger partial charge in [0.2, 0.25) is 0 Å². The van der Waals surface area contributed by atoms with Crippen molar-refractivity contribution < 1.29 is 4.39 Å². The van der Waals surface area contributed by atoms with Crippen molar-refractivity contribution >= 4 is 16.6 Å². The SMILES string of the molecule is Fc1ccc2c(ccn2Cc2ccc(-c3ccccc3N3CCNCC3)cc2)c1. The molecular weight excluding hydrogens is 361 g/mol. The third-order valence-corrected chi connectivity index (χ3v) is 5.71. The molecule has 1 aliphatic heterocycles. The number of hydrogen-bond donors (Lipinski definition) is 1. The van der Waals surface area contributed by atoms with Crippen LogP contribution >= 0.6 is 0 Å². The summed E-state index contributed by atoms with van der Waals surface area (Å²) in [6.45, 7) is 4.91. The number of halogens is 1. The molecule has 1 saturated heterocycles. The van der Waals surface area contributed by atoms with E-state index in [1.54, 1.807) is 6.07 Å². The Balaban J connectivity index is 1.41. The molecule has 0 amide bonds. The Labute approximate surface area is 170 Å². The summed E-state index contributed by atoms with van der Waals surface area (Å²) in [4.78, 5) is 2.46. The number of fused-ring (bicyclic) bond motifs is 1. The van der Waals surface area contributed by atoms with Crippen LogP contribution in [0.4, 0.5) is 10.1 Å². The van der Waals surface area contributed by atoms with E-state index in [4.69, 9.17) is 0 Å². The van der Waals surface area contributed by atoms with E-state index in [9.17, 15) is 4.39 Å². The molecule has 0 unspecified atom stereocenters. The van der Waals surface area contributed by atoms with Gasteiger partial charge in [0.05, 0.1) is 0 Å². The number of nitrogens with one attached hydrogen (secondary N) is 1. The van der Waals surface area contributed by atoms with Crippen molar-refractivity contribution in [1.82, 2.24) is 9.88 Å². The molecule has 4 heteroatoms. The maximum atomic E-state index is 13.4. The van der Waals surface area contributed by atoms with Gasteiger partial charge in [-0.1, -0.05) is 42.5 Å². The van der Waals surface area contributed by atoms with E-state index in [0.29, 0.717) is 0 Å². The molecule has 3 aromatic carbocycles. The zero-order chi connectivity index (χ0) is 19.6. The summed E-state index contributed by atoms with van der Waals surface area (Å²) in [6, 6.07) is 24.4. The molecule has 1 aliphatic rings. The second-order valence-electron chi connectivity index (χ2n) is 7.60. The summed E-state index contributed by atoms with van der Waals surface area (Å²) in [5, 5.41) is 4.36. The number of piperazine rings is 1. The van der Waals surface area contributed by atoms with Crippen molar-refractivity contribution in [3.05, 3.63) is 90.4 Å². The fraction of sp³-hybridized carbons (Fsp3) is 0.200. The Kier molecular flexibility index (Phi) is 4.78. The van der Waals surface area contributed by atoms with Crippen LogP contribution in [0.2, 0.25) is 0 Å². The van der Waals surface area contributed by atoms with Crippen LogP contribution in [0.15, 0.2) is 79.0 Å². The van der Waals surface area contributed by atoms with Crippen molar-refractivity contribution in [3.8, 4) is 11.1 Å². The highest BCUT2D eigenvalue weighted by Gasteiger charge is 2.14. The minimum absolute atomic E-state index is 0.192. The van der Waals surface area contributed by atoms with Gasteiger partial charge < -0.3 is 14.8 Å². The summed E-state index contributed by atoms with van der Waals surface area (Å²) in [6.07, 6.45) is 2.03. The molecule has 0 saturated carbocycles. The van der Waals surface area contributed by atoms with Gasteiger partial charge in [-0.25, -0.2) is 4.39 Å². The lowest BCUT2D eigenvalue weighted by molar-refractivity contribution is 0.589. The molecule has 29 heavy (non-hydrogen) atoms. The number of nitrogens with zero attached hydrogens (tertiary/aromatic N) is 2. The van der Waals surface area contributed by atoms with Crippen LogP contribution in [0, 0.1) is 5.82 Å². The summed E-state index contributed by atoms with van der Waals surface area (Å²) >= 11 is 0. The molecule has 1 aromatic heterocycles. The van der Waals surface area contributed by atoms with Crippen LogP contribution in [0.5, 0.6) is 0 Å². The molecule has 0 radical (unpaired) electrons. The standard InChI is InChI=1S/C25H24FN3/c26-22-9-10-24-21(17-22)11-14-29(24)18-19-5-7-20(8-6-19)23-3-1-2-4-25(23)28-15-12-27-13-16-28/h1-11,14,17,27H,12-13,15-16,18H2. The first-order valence-corrected chi connectivity index (χ1v) is 10.2. The van der Waals surface area contributed by atoms with E-state index in [1.165, 1.54) is 28.4 Å². The van der Waals surface area contributed by atoms with E-state index < -0.39 is 0 Å². The first-order chi connectivity index (χ1) is 14.3. The molecule has 2 heterocycles. The van der Waals surface area contributed by atoms with Gasteiger partial charge in [0.25, 0.3) is 0 Å². The van der Waals surface area contributed by atoms with Crippen LogP contribution in [-0.2, 0) is 6.54 Å². The Morgan fingerprint density at radius 1 is 0.862 bits per heavy atom. The van der Waals surface area contributed by atoms with E-state index in [0.717, 1.165) is 43.6 Å². The third kappa shape index (κ3) is 3.64. The number of para-hydroxylation sites is 1. The first-order valence-electron chi connectivity index (χ1n) is 10.2. The van der Waals surface area contributed by atoms with Gasteiger partial charge in [0.15, 0.2) is 0 Å². The maximum Gasteiger partial charge on any atom is 0.123 e. The summed E-state index contributed by atoms with van der Waals surface area (Å²) in [5.41, 5.74) is 6.11. The van der Waals surface area contributed by atoms with Crippen LogP contribution in [0.1, 0.15) is 5.56 Å². The normalized spacial score (nSPS) is 14.4. The van der Waals surface area contributed by atoms with E-state index >= 15 is 0 Å². The lowest BCUT2D eigenvalue weighted by Crippen LogP contribution is -2.43. The molecule has 0 atom stereocenters. The number of benzene rings is 3. The quantitative estimate of drug-likeness (QED) is 0.539. The Bertz CT molecular complexity index is 1120. The average molecular weight is 385 g/mol. The zero-order valence-corrected chi connectivity index (χ0v) is 16.3. The molecule has 1 N–H and O–H groups in total. The van der Waals surface area contributed by atoms with Crippen molar-refractivity contribution in [2.45, 2.75) is 6.54 Å². The third-order valence-electron chi connectivity index (χ3n) is 5.71. The van der Waals surface area contributed by atoms with Gasteiger partial charge in [-0.2, -0.15) is 0 Å². The van der Waals surface area contributed by atoms with Gasteiger partial charge >= 0.3 is 0 Å². The van der Waals surface area contributed by atoms with Crippen molar-refractivity contribution in [1.29, 1.82) is 0 Å². The van der Waals surface area contributed by atoms with Crippen LogP contribution in [0.3, 0.4) is 0 Å². The minimum Gasteiger partial charge on any atom is -0.368 e. The highest BCUT2D eigenvalue weighted by molar-refractivity contribution is 5.80. The second kappa shape index (κ2) is 7.72. The van der Waals surface area contributed by atoms with Gasteiger partial charge in [0.1, 0.15) is 5.82 Å². The van der Waals surface area contributed by atoms with Crippen LogP contribution < -0.4 is 10.2 Å². The Morgan fingerprint density at radius 3 is 2.48 bits per heavy atom. The fourth-order valence-electron chi connectivity index (χ4n) is 4.19. The molecule has 4 aromatic rings. The molecule has 0 bridgehead atoms. The molecular formula is C25H24FN3. The highest BCUT2D eigenvalue weighted by atomic mass is 19.1. The number of anilines is 1. The fourth-order valence-corrected chi connectivity index (χ4v) is 4.19. The monoisotopic (exact) mass is 385 g/mol. The van der Waals surface area contributed by atoms with E-state index in [-0.39, 0.29) is 5.82 Å². The minimum atomic E-state index is -0.192. The van der Waals surface area contributed by atoms with Crippen molar-refractivity contribution in [3.63, 3.8) is 0 Å². The topological polar surface area (TPSA) is 20.2 Å². The summed E-state index contributed by atoms with van der Waals surface area (Å²) in [7, 11) is 0. The highest BCUT2D eigenvalue weighted by Crippen LogP contribution is 2.31. The number of rotatable bonds is 4. The lowest BCUT2D eigenvalue weighted by Gasteiger charge is -2.31. The van der Waals surface area contributed by atoms with E-state index in [2.05, 4.69) is 63.3 Å². The molecule has 0 aliphatic carbocycles. The van der Waals surface area contributed by atoms with Gasteiger partial charge in [-0.3, -0.25) is 0 Å². The van der Waals surface area contributed by atoms with Crippen LogP contribution in [-0.4, -0.2) is 30.7 Å². The predicted octanol–water partition coefficient (Wildman–Crippen LogP) is 4.91. The maximum absolute atomic E-state index is 13.4.